The molecule has 2 amide bonds. The lowest BCUT2D eigenvalue weighted by atomic mass is 9.85. The number of carbonyl (C=O) groups excluding carboxylic acids is 2. The van der Waals surface area contributed by atoms with Crippen LogP contribution in [0.4, 0.5) is 0 Å². The van der Waals surface area contributed by atoms with Crippen LogP contribution >= 0.6 is 0 Å². The number of hydrogen-bond acceptors (Lipinski definition) is 4. The van der Waals surface area contributed by atoms with Crippen LogP contribution in [0.5, 0.6) is 5.75 Å². The van der Waals surface area contributed by atoms with Crippen LogP contribution in [-0.4, -0.2) is 46.3 Å². The number of para-hydroxylation sites is 1. The van der Waals surface area contributed by atoms with Crippen molar-refractivity contribution in [3.05, 3.63) is 77.9 Å². The first-order valence-electron chi connectivity index (χ1n) is 12.0. The SMILES string of the molecule is C=C(CN1C(=O)[C@@H]2[C@H](C1=O)[C@@H](c1ccccc1)N1CCC[C@H]21)C[C@@]1(C)Cc2ccccc2O1. The monoisotopic (exact) mass is 442 g/mol. The molecule has 0 aliphatic carbocycles. The number of amides is 2. The number of imide groups is 1. The number of ether oxygens (including phenoxy) is 1. The molecule has 2 aromatic rings. The fourth-order valence-corrected chi connectivity index (χ4v) is 6.83. The number of hydrogen-bond donors (Lipinski definition) is 0. The van der Waals surface area contributed by atoms with Gasteiger partial charge < -0.3 is 4.74 Å². The van der Waals surface area contributed by atoms with Gasteiger partial charge in [0.15, 0.2) is 0 Å². The van der Waals surface area contributed by atoms with Crippen molar-refractivity contribution in [2.24, 2.45) is 11.8 Å². The maximum Gasteiger partial charge on any atom is 0.235 e. The number of fused-ring (bicyclic) bond motifs is 4. The number of nitrogens with zero attached hydrogens (tertiary/aromatic N) is 2. The average Bonchev–Trinajstić information content (AvgIpc) is 3.51. The van der Waals surface area contributed by atoms with E-state index < -0.39 is 5.60 Å². The second-order valence-electron chi connectivity index (χ2n) is 10.4. The summed E-state index contributed by atoms with van der Waals surface area (Å²) in [5.74, 6) is 0.348. The molecule has 3 fully saturated rings. The van der Waals surface area contributed by atoms with E-state index in [-0.39, 0.29) is 42.3 Å². The molecule has 2 aromatic carbocycles. The predicted molar refractivity (Wildman–Crippen MR) is 126 cm³/mol. The largest absolute Gasteiger partial charge is 0.487 e. The number of benzene rings is 2. The summed E-state index contributed by atoms with van der Waals surface area (Å²) >= 11 is 0. The molecular formula is C28H30N2O3. The van der Waals surface area contributed by atoms with Crippen molar-refractivity contribution < 1.29 is 14.3 Å². The number of carbonyl (C=O) groups is 2. The Morgan fingerprint density at radius 1 is 1.06 bits per heavy atom. The van der Waals surface area contributed by atoms with Crippen LogP contribution in [0.25, 0.3) is 0 Å². The molecule has 5 nitrogen and oxygen atoms in total. The van der Waals surface area contributed by atoms with Crippen molar-refractivity contribution in [3.63, 3.8) is 0 Å². The summed E-state index contributed by atoms with van der Waals surface area (Å²) in [6, 6.07) is 18.5. The molecule has 4 aliphatic rings. The molecule has 0 unspecified atom stereocenters. The molecule has 0 spiro atoms. The van der Waals surface area contributed by atoms with Crippen molar-refractivity contribution in [1.29, 1.82) is 0 Å². The van der Waals surface area contributed by atoms with E-state index >= 15 is 0 Å². The molecule has 4 aliphatic heterocycles. The highest BCUT2D eigenvalue weighted by Gasteiger charge is 2.62. The zero-order chi connectivity index (χ0) is 22.7. The Bertz CT molecular complexity index is 1100. The van der Waals surface area contributed by atoms with E-state index in [1.54, 1.807) is 0 Å². The second-order valence-corrected chi connectivity index (χ2v) is 10.4. The van der Waals surface area contributed by atoms with Gasteiger partial charge in [0.25, 0.3) is 0 Å². The summed E-state index contributed by atoms with van der Waals surface area (Å²) < 4.78 is 6.23. The van der Waals surface area contributed by atoms with Gasteiger partial charge >= 0.3 is 0 Å². The Kier molecular flexibility index (Phi) is 4.73. The van der Waals surface area contributed by atoms with Gasteiger partial charge in [-0.1, -0.05) is 60.7 Å². The van der Waals surface area contributed by atoms with Gasteiger partial charge in [-0.3, -0.25) is 19.4 Å². The molecular weight excluding hydrogens is 412 g/mol. The van der Waals surface area contributed by atoms with Gasteiger partial charge in [0.1, 0.15) is 11.4 Å². The zero-order valence-electron chi connectivity index (χ0n) is 19.1. The van der Waals surface area contributed by atoms with Crippen molar-refractivity contribution in [3.8, 4) is 5.75 Å². The smallest absolute Gasteiger partial charge is 0.235 e. The third kappa shape index (κ3) is 3.24. The Balaban J connectivity index is 1.21. The fourth-order valence-electron chi connectivity index (χ4n) is 6.83. The Morgan fingerprint density at radius 2 is 1.79 bits per heavy atom. The highest BCUT2D eigenvalue weighted by Crippen LogP contribution is 2.53. The summed E-state index contributed by atoms with van der Waals surface area (Å²) in [4.78, 5) is 31.1. The van der Waals surface area contributed by atoms with Gasteiger partial charge in [0.2, 0.25) is 11.8 Å². The average molecular weight is 443 g/mol. The van der Waals surface area contributed by atoms with Crippen LogP contribution < -0.4 is 4.74 Å². The second kappa shape index (κ2) is 7.56. The summed E-state index contributed by atoms with van der Waals surface area (Å²) in [7, 11) is 0. The first kappa shape index (κ1) is 20.7. The topological polar surface area (TPSA) is 49.9 Å². The van der Waals surface area contributed by atoms with Crippen molar-refractivity contribution in [1.82, 2.24) is 9.80 Å². The van der Waals surface area contributed by atoms with Crippen LogP contribution in [0.1, 0.15) is 43.4 Å². The van der Waals surface area contributed by atoms with Crippen molar-refractivity contribution >= 4 is 11.8 Å². The van der Waals surface area contributed by atoms with E-state index in [4.69, 9.17) is 4.74 Å². The lowest BCUT2D eigenvalue weighted by molar-refractivity contribution is -0.141. The quantitative estimate of drug-likeness (QED) is 0.516. The summed E-state index contributed by atoms with van der Waals surface area (Å²) in [6.45, 7) is 7.59. The standard InChI is InChI=1S/C28H30N2O3/c1-18(15-28(2)16-20-11-6-7-13-22(20)33-28)17-30-26(31)23-21-12-8-14-29(21)25(24(23)27(30)32)19-9-4-3-5-10-19/h3-7,9-11,13,21,23-25H,1,8,12,14-17H2,2H3/t21-,23+,24+,25-,28+/m1/s1. The summed E-state index contributed by atoms with van der Waals surface area (Å²) in [6.07, 6.45) is 3.50. The Hall–Kier alpha value is -2.92. The van der Waals surface area contributed by atoms with Gasteiger partial charge in [0.05, 0.1) is 11.8 Å². The molecule has 5 heteroatoms. The molecule has 0 aromatic heterocycles. The molecule has 0 bridgehead atoms. The minimum atomic E-state index is -0.392. The fraction of sp³-hybridized carbons (Fsp3) is 0.429. The van der Waals surface area contributed by atoms with Gasteiger partial charge in [-0.25, -0.2) is 0 Å². The normalized spacial score (nSPS) is 32.6. The molecule has 6 rings (SSSR count). The van der Waals surface area contributed by atoms with Crippen LogP contribution in [0.3, 0.4) is 0 Å². The Morgan fingerprint density at radius 3 is 2.58 bits per heavy atom. The summed E-state index contributed by atoms with van der Waals surface area (Å²) in [5.41, 5.74) is 2.81. The molecule has 33 heavy (non-hydrogen) atoms. The van der Waals surface area contributed by atoms with Crippen LogP contribution in [-0.2, 0) is 16.0 Å². The lowest BCUT2D eigenvalue weighted by Gasteiger charge is -2.30. The Labute approximate surface area is 195 Å². The molecule has 0 N–H and O–H groups in total. The number of likely N-dealkylation sites (tertiary alicyclic amines) is 1. The van der Waals surface area contributed by atoms with E-state index in [1.165, 1.54) is 10.5 Å². The first-order valence-corrected chi connectivity index (χ1v) is 12.0. The van der Waals surface area contributed by atoms with E-state index in [9.17, 15) is 9.59 Å². The van der Waals surface area contributed by atoms with E-state index in [1.807, 2.05) is 36.4 Å². The molecule has 0 saturated carbocycles. The minimum Gasteiger partial charge on any atom is -0.487 e. The van der Waals surface area contributed by atoms with E-state index in [2.05, 4.69) is 36.6 Å². The van der Waals surface area contributed by atoms with Gasteiger partial charge in [0, 0.05) is 31.5 Å². The van der Waals surface area contributed by atoms with Crippen molar-refractivity contribution in [2.45, 2.75) is 50.3 Å². The highest BCUT2D eigenvalue weighted by atomic mass is 16.5. The maximum absolute atomic E-state index is 13.6. The lowest BCUT2D eigenvalue weighted by Crippen LogP contribution is -2.41. The van der Waals surface area contributed by atoms with E-state index in [0.29, 0.717) is 6.42 Å². The third-order valence-electron chi connectivity index (χ3n) is 7.98. The molecule has 4 heterocycles. The summed E-state index contributed by atoms with van der Waals surface area (Å²) in [5, 5.41) is 0. The van der Waals surface area contributed by atoms with Crippen LogP contribution in [0, 0.1) is 11.8 Å². The maximum atomic E-state index is 13.6. The van der Waals surface area contributed by atoms with Crippen molar-refractivity contribution in [2.75, 3.05) is 13.1 Å². The third-order valence-corrected chi connectivity index (χ3v) is 7.98. The molecule has 5 atom stereocenters. The first-order chi connectivity index (χ1) is 16.0. The molecule has 3 saturated heterocycles. The van der Waals surface area contributed by atoms with E-state index in [0.717, 1.165) is 42.7 Å². The number of rotatable bonds is 5. The van der Waals surface area contributed by atoms with Gasteiger partial charge in [-0.15, -0.1) is 0 Å². The molecule has 0 radical (unpaired) electrons. The van der Waals surface area contributed by atoms with Gasteiger partial charge in [-0.2, -0.15) is 0 Å². The highest BCUT2D eigenvalue weighted by molar-refractivity contribution is 6.06. The van der Waals surface area contributed by atoms with Crippen LogP contribution in [0.15, 0.2) is 66.7 Å². The molecule has 170 valence electrons. The van der Waals surface area contributed by atoms with Gasteiger partial charge in [-0.05, 0) is 43.5 Å². The zero-order valence-corrected chi connectivity index (χ0v) is 19.1. The minimum absolute atomic E-state index is 0.0106. The predicted octanol–water partition coefficient (Wildman–Crippen LogP) is 4.15. The van der Waals surface area contributed by atoms with Crippen LogP contribution in [0.2, 0.25) is 0 Å².